The van der Waals surface area contributed by atoms with E-state index in [0.717, 1.165) is 0 Å². The maximum atomic E-state index is 2.40. The van der Waals surface area contributed by atoms with E-state index in [1.54, 1.807) is 0 Å². The lowest BCUT2D eigenvalue weighted by Gasteiger charge is -2.12. The molecule has 28 heavy (non-hydrogen) atoms. The molecule has 0 aromatic heterocycles. The van der Waals surface area contributed by atoms with Gasteiger partial charge >= 0.3 is 0 Å². The third-order valence-corrected chi connectivity index (χ3v) is 6.35. The van der Waals surface area contributed by atoms with Gasteiger partial charge in [-0.2, -0.15) is 0 Å². The van der Waals surface area contributed by atoms with E-state index in [1.807, 2.05) is 0 Å². The quantitative estimate of drug-likeness (QED) is 0.243. The molecule has 0 atom stereocenters. The minimum Gasteiger partial charge on any atom is -0.0616 e. The summed E-state index contributed by atoms with van der Waals surface area (Å²) in [5, 5.41) is 10.8. The Kier molecular flexibility index (Phi) is 2.57. The van der Waals surface area contributed by atoms with Crippen LogP contribution in [0.25, 0.3) is 65.3 Å². The van der Waals surface area contributed by atoms with Crippen LogP contribution in [-0.4, -0.2) is 0 Å². The van der Waals surface area contributed by atoms with Crippen LogP contribution in [0.4, 0.5) is 0 Å². The molecule has 6 aromatic carbocycles. The van der Waals surface area contributed by atoms with E-state index in [0.29, 0.717) is 0 Å². The largest absolute Gasteiger partial charge is 0.0616 e. The second kappa shape index (κ2) is 4.99. The first-order valence-corrected chi connectivity index (χ1v) is 9.80. The van der Waals surface area contributed by atoms with Crippen molar-refractivity contribution in [3.8, 4) is 22.3 Å². The SMILES string of the molecule is c1ccc2c(c1)-c1cccc3c1c-2cc1ccc2ccc4ccccc4c2c13. The molecule has 0 saturated carbocycles. The van der Waals surface area contributed by atoms with E-state index in [-0.39, 0.29) is 0 Å². The van der Waals surface area contributed by atoms with Crippen LogP contribution in [0, 0.1) is 0 Å². The topological polar surface area (TPSA) is 0 Å². The zero-order chi connectivity index (χ0) is 18.2. The second-order valence-corrected chi connectivity index (χ2v) is 7.75. The van der Waals surface area contributed by atoms with Crippen molar-refractivity contribution in [2.45, 2.75) is 0 Å². The molecular weight excluding hydrogens is 336 g/mol. The molecule has 0 amide bonds. The molecule has 0 heterocycles. The minimum absolute atomic E-state index is 1.30. The van der Waals surface area contributed by atoms with Gasteiger partial charge in [-0.3, -0.25) is 0 Å². The normalized spacial score (nSPS) is 12.3. The van der Waals surface area contributed by atoms with Crippen LogP contribution in [-0.2, 0) is 0 Å². The van der Waals surface area contributed by atoms with Gasteiger partial charge in [0.2, 0.25) is 0 Å². The molecule has 0 heteroatoms. The highest BCUT2D eigenvalue weighted by Crippen LogP contribution is 2.50. The van der Waals surface area contributed by atoms with Gasteiger partial charge in [0.15, 0.2) is 0 Å². The number of benzene rings is 6. The molecule has 1 aliphatic carbocycles. The van der Waals surface area contributed by atoms with E-state index < -0.39 is 0 Å². The van der Waals surface area contributed by atoms with E-state index in [4.69, 9.17) is 0 Å². The van der Waals surface area contributed by atoms with Crippen LogP contribution in [0.2, 0.25) is 0 Å². The van der Waals surface area contributed by atoms with E-state index >= 15 is 0 Å². The lowest BCUT2D eigenvalue weighted by atomic mass is 9.90. The Morgan fingerprint density at radius 2 is 0.929 bits per heavy atom. The van der Waals surface area contributed by atoms with Crippen LogP contribution >= 0.6 is 0 Å². The van der Waals surface area contributed by atoms with Gasteiger partial charge in [-0.15, -0.1) is 0 Å². The highest BCUT2D eigenvalue weighted by atomic mass is 14.3. The van der Waals surface area contributed by atoms with Gasteiger partial charge in [0.25, 0.3) is 0 Å². The number of fused-ring (bicyclic) bond motifs is 9. The van der Waals surface area contributed by atoms with Gasteiger partial charge in [0, 0.05) is 0 Å². The van der Waals surface area contributed by atoms with Gasteiger partial charge < -0.3 is 0 Å². The van der Waals surface area contributed by atoms with Crippen molar-refractivity contribution in [1.82, 2.24) is 0 Å². The second-order valence-electron chi connectivity index (χ2n) is 7.75. The number of hydrogen-bond acceptors (Lipinski definition) is 0. The van der Waals surface area contributed by atoms with E-state index in [2.05, 4.69) is 97.1 Å². The van der Waals surface area contributed by atoms with Gasteiger partial charge in [-0.25, -0.2) is 0 Å². The molecule has 0 bridgehead atoms. The van der Waals surface area contributed by atoms with Crippen molar-refractivity contribution >= 4 is 43.1 Å². The molecule has 0 radical (unpaired) electrons. The third-order valence-electron chi connectivity index (χ3n) is 6.35. The molecular formula is C28H16. The van der Waals surface area contributed by atoms with Gasteiger partial charge in [0.05, 0.1) is 0 Å². The van der Waals surface area contributed by atoms with Crippen LogP contribution in [0.3, 0.4) is 0 Å². The Morgan fingerprint density at radius 1 is 0.321 bits per heavy atom. The van der Waals surface area contributed by atoms with E-state index in [9.17, 15) is 0 Å². The monoisotopic (exact) mass is 352 g/mol. The highest BCUT2D eigenvalue weighted by molar-refractivity contribution is 6.32. The lowest BCUT2D eigenvalue weighted by molar-refractivity contribution is 1.70. The predicted octanol–water partition coefficient (Wildman–Crippen LogP) is 7.95. The molecule has 128 valence electrons. The highest BCUT2D eigenvalue weighted by Gasteiger charge is 2.22. The summed E-state index contributed by atoms with van der Waals surface area (Å²) in [4.78, 5) is 0. The Hall–Kier alpha value is -3.64. The van der Waals surface area contributed by atoms with Crippen molar-refractivity contribution in [2.24, 2.45) is 0 Å². The minimum atomic E-state index is 1.30. The van der Waals surface area contributed by atoms with Gasteiger partial charge in [-0.1, -0.05) is 91.0 Å². The van der Waals surface area contributed by atoms with Crippen molar-refractivity contribution in [3.63, 3.8) is 0 Å². The summed E-state index contributed by atoms with van der Waals surface area (Å²) in [5.74, 6) is 0. The lowest BCUT2D eigenvalue weighted by Crippen LogP contribution is -1.85. The smallest absolute Gasteiger partial charge is 0.00197 e. The van der Waals surface area contributed by atoms with Crippen molar-refractivity contribution in [2.75, 3.05) is 0 Å². The zero-order valence-electron chi connectivity index (χ0n) is 15.2. The fourth-order valence-electron chi connectivity index (χ4n) is 5.19. The summed E-state index contributed by atoms with van der Waals surface area (Å²) < 4.78 is 0. The maximum Gasteiger partial charge on any atom is -0.00197 e. The van der Waals surface area contributed by atoms with Gasteiger partial charge in [0.1, 0.15) is 0 Å². The van der Waals surface area contributed by atoms with Crippen LogP contribution in [0.1, 0.15) is 0 Å². The molecule has 0 spiro atoms. The number of hydrogen-bond donors (Lipinski definition) is 0. The Morgan fingerprint density at radius 3 is 1.82 bits per heavy atom. The summed E-state index contributed by atoms with van der Waals surface area (Å²) in [6.07, 6.45) is 0. The van der Waals surface area contributed by atoms with Crippen molar-refractivity contribution in [1.29, 1.82) is 0 Å². The average Bonchev–Trinajstić information content (AvgIpc) is 3.08. The fraction of sp³-hybridized carbons (Fsp3) is 0. The Bertz CT molecular complexity index is 1600. The summed E-state index contributed by atoms with van der Waals surface area (Å²) in [5.41, 5.74) is 5.44. The fourth-order valence-corrected chi connectivity index (χ4v) is 5.19. The molecule has 0 aliphatic heterocycles. The van der Waals surface area contributed by atoms with Crippen molar-refractivity contribution < 1.29 is 0 Å². The molecule has 0 saturated heterocycles. The number of rotatable bonds is 0. The summed E-state index contributed by atoms with van der Waals surface area (Å²) in [6.45, 7) is 0. The van der Waals surface area contributed by atoms with Crippen molar-refractivity contribution in [3.05, 3.63) is 97.1 Å². The van der Waals surface area contributed by atoms with Gasteiger partial charge in [-0.05, 0) is 71.4 Å². The Balaban J connectivity index is 1.81. The standard InChI is InChI=1S/C28H16/c1-2-7-20-17(6-1)12-13-18-14-15-19-16-25-22-9-4-3-8-21(22)23-10-5-11-24(28(23)25)27(19)26(18)20/h1-16H. The first-order chi connectivity index (χ1) is 13.9. The molecule has 7 rings (SSSR count). The average molecular weight is 352 g/mol. The molecule has 1 aliphatic rings. The van der Waals surface area contributed by atoms with Crippen LogP contribution in [0.15, 0.2) is 97.1 Å². The van der Waals surface area contributed by atoms with E-state index in [1.165, 1.54) is 65.3 Å². The third kappa shape index (κ3) is 1.66. The predicted molar refractivity (Wildman–Crippen MR) is 121 cm³/mol. The molecule has 0 nitrogen and oxygen atoms in total. The first-order valence-electron chi connectivity index (χ1n) is 9.80. The zero-order valence-corrected chi connectivity index (χ0v) is 15.2. The molecule has 0 fully saturated rings. The molecule has 0 N–H and O–H groups in total. The summed E-state index contributed by atoms with van der Waals surface area (Å²) in [7, 11) is 0. The molecule has 0 unspecified atom stereocenters. The maximum absolute atomic E-state index is 2.40. The van der Waals surface area contributed by atoms with Crippen LogP contribution < -0.4 is 0 Å². The first kappa shape index (κ1) is 14.4. The summed E-state index contributed by atoms with van der Waals surface area (Å²) >= 11 is 0. The Labute approximate surface area is 162 Å². The molecule has 6 aromatic rings. The summed E-state index contributed by atoms with van der Waals surface area (Å²) in [6, 6.07) is 35.8. The van der Waals surface area contributed by atoms with Crippen LogP contribution in [0.5, 0.6) is 0 Å².